The summed E-state index contributed by atoms with van der Waals surface area (Å²) >= 11 is 1.20. The van der Waals surface area contributed by atoms with Crippen molar-refractivity contribution in [1.82, 2.24) is 0 Å². The first-order chi connectivity index (χ1) is 11.9. The normalized spacial score (nSPS) is 10.4. The van der Waals surface area contributed by atoms with E-state index in [1.165, 1.54) is 31.0 Å². The molecule has 0 aliphatic carbocycles. The van der Waals surface area contributed by atoms with Crippen LogP contribution in [0.4, 0.5) is 20.2 Å². The van der Waals surface area contributed by atoms with Crippen molar-refractivity contribution in [2.24, 2.45) is 0 Å². The molecule has 0 bridgehead atoms. The molecule has 0 saturated carbocycles. The van der Waals surface area contributed by atoms with E-state index in [9.17, 15) is 23.7 Å². The molecular weight excluding hydrogens is 354 g/mol. The number of hydrogen-bond donors (Lipinski definition) is 1. The molecular formula is C16H14F2N2O4S. The molecule has 0 aliphatic rings. The van der Waals surface area contributed by atoms with Crippen LogP contribution in [0, 0.1) is 21.7 Å². The Morgan fingerprint density at radius 3 is 2.68 bits per heavy atom. The Labute approximate surface area is 146 Å². The van der Waals surface area contributed by atoms with E-state index in [4.69, 9.17) is 4.74 Å². The van der Waals surface area contributed by atoms with Gasteiger partial charge in [-0.2, -0.15) is 0 Å². The maximum Gasteiger partial charge on any atom is 0.311 e. The number of rotatable bonds is 7. The van der Waals surface area contributed by atoms with Gasteiger partial charge in [0.1, 0.15) is 11.6 Å². The van der Waals surface area contributed by atoms with Gasteiger partial charge in [-0.3, -0.25) is 14.9 Å². The van der Waals surface area contributed by atoms with Crippen LogP contribution in [-0.2, 0) is 10.5 Å². The van der Waals surface area contributed by atoms with Crippen LogP contribution in [0.3, 0.4) is 0 Å². The van der Waals surface area contributed by atoms with Crippen LogP contribution < -0.4 is 10.1 Å². The van der Waals surface area contributed by atoms with Gasteiger partial charge in [0.05, 0.1) is 23.5 Å². The average molecular weight is 368 g/mol. The first kappa shape index (κ1) is 18.7. The molecule has 0 aromatic heterocycles. The second kappa shape index (κ2) is 8.43. The molecule has 132 valence electrons. The minimum Gasteiger partial charge on any atom is -0.490 e. The number of nitro groups is 1. The number of methoxy groups -OCH3 is 1. The highest BCUT2D eigenvalue weighted by Crippen LogP contribution is 2.29. The van der Waals surface area contributed by atoms with Crippen LogP contribution in [0.25, 0.3) is 0 Å². The van der Waals surface area contributed by atoms with Gasteiger partial charge in [-0.15, -0.1) is 11.8 Å². The third kappa shape index (κ3) is 5.15. The molecule has 0 heterocycles. The smallest absolute Gasteiger partial charge is 0.311 e. The lowest BCUT2D eigenvalue weighted by molar-refractivity contribution is -0.385. The molecule has 1 N–H and O–H groups in total. The fourth-order valence-electron chi connectivity index (χ4n) is 2.01. The standard InChI is InChI=1S/C16H14F2N2O4S/c1-24-15-5-2-10(6-14(15)20(22)23)8-25-9-16(21)19-13-4-3-11(17)7-12(13)18/h2-7H,8-9H2,1H3,(H,19,21). The summed E-state index contributed by atoms with van der Waals surface area (Å²) < 4.78 is 31.2. The van der Waals surface area contributed by atoms with Gasteiger partial charge in [-0.05, 0) is 23.8 Å². The summed E-state index contributed by atoms with van der Waals surface area (Å²) in [6.07, 6.45) is 0. The van der Waals surface area contributed by atoms with Gasteiger partial charge in [0.15, 0.2) is 5.75 Å². The Kier molecular flexibility index (Phi) is 6.29. The molecule has 0 radical (unpaired) electrons. The van der Waals surface area contributed by atoms with E-state index >= 15 is 0 Å². The van der Waals surface area contributed by atoms with Crippen LogP contribution >= 0.6 is 11.8 Å². The molecule has 0 saturated heterocycles. The first-order valence-corrected chi connectivity index (χ1v) is 8.20. The Morgan fingerprint density at radius 1 is 1.28 bits per heavy atom. The predicted molar refractivity (Wildman–Crippen MR) is 90.8 cm³/mol. The highest BCUT2D eigenvalue weighted by Gasteiger charge is 2.15. The fraction of sp³-hybridized carbons (Fsp3) is 0.188. The summed E-state index contributed by atoms with van der Waals surface area (Å²) in [4.78, 5) is 22.2. The van der Waals surface area contributed by atoms with Crippen molar-refractivity contribution in [1.29, 1.82) is 0 Å². The van der Waals surface area contributed by atoms with E-state index in [0.29, 0.717) is 17.4 Å². The van der Waals surface area contributed by atoms with Crippen LogP contribution in [0.2, 0.25) is 0 Å². The summed E-state index contributed by atoms with van der Waals surface area (Å²) in [6.45, 7) is 0. The summed E-state index contributed by atoms with van der Waals surface area (Å²) in [6, 6.07) is 7.39. The van der Waals surface area contributed by atoms with Crippen LogP contribution in [0.15, 0.2) is 36.4 Å². The Balaban J connectivity index is 1.91. The number of nitro benzene ring substituents is 1. The molecule has 2 aromatic carbocycles. The van der Waals surface area contributed by atoms with Gasteiger partial charge in [0, 0.05) is 17.9 Å². The summed E-state index contributed by atoms with van der Waals surface area (Å²) in [7, 11) is 1.34. The second-order valence-electron chi connectivity index (χ2n) is 4.93. The van der Waals surface area contributed by atoms with Crippen molar-refractivity contribution in [2.75, 3.05) is 18.2 Å². The number of ether oxygens (including phenoxy) is 1. The Bertz CT molecular complexity index is 802. The molecule has 25 heavy (non-hydrogen) atoms. The number of thioether (sulfide) groups is 1. The van der Waals surface area contributed by atoms with Crippen molar-refractivity contribution in [3.63, 3.8) is 0 Å². The van der Waals surface area contributed by atoms with E-state index in [1.807, 2.05) is 0 Å². The molecule has 2 rings (SSSR count). The minimum absolute atomic E-state index is 0.0106. The number of carbonyl (C=O) groups is 1. The number of nitrogens with one attached hydrogen (secondary N) is 1. The zero-order valence-corrected chi connectivity index (χ0v) is 13.9. The molecule has 9 heteroatoms. The molecule has 2 aromatic rings. The van der Waals surface area contributed by atoms with E-state index in [1.54, 1.807) is 6.07 Å². The van der Waals surface area contributed by atoms with E-state index < -0.39 is 22.5 Å². The fourth-order valence-corrected chi connectivity index (χ4v) is 2.78. The summed E-state index contributed by atoms with van der Waals surface area (Å²) in [5.74, 6) is -1.53. The highest BCUT2D eigenvalue weighted by molar-refractivity contribution is 7.99. The third-order valence-electron chi connectivity index (χ3n) is 3.15. The summed E-state index contributed by atoms with van der Waals surface area (Å²) in [5.41, 5.74) is 0.392. The molecule has 0 unspecified atom stereocenters. The lowest BCUT2D eigenvalue weighted by Crippen LogP contribution is -2.15. The zero-order chi connectivity index (χ0) is 18.4. The first-order valence-electron chi connectivity index (χ1n) is 7.04. The molecule has 6 nitrogen and oxygen atoms in total. The maximum absolute atomic E-state index is 13.5. The molecule has 0 spiro atoms. The second-order valence-corrected chi connectivity index (χ2v) is 5.91. The third-order valence-corrected chi connectivity index (χ3v) is 4.15. The highest BCUT2D eigenvalue weighted by atomic mass is 32.2. The number of amides is 1. The summed E-state index contributed by atoms with van der Waals surface area (Å²) in [5, 5.41) is 13.3. The van der Waals surface area contributed by atoms with Crippen molar-refractivity contribution >= 4 is 29.0 Å². The van der Waals surface area contributed by atoms with Crippen LogP contribution in [0.5, 0.6) is 5.75 Å². The number of hydrogen-bond acceptors (Lipinski definition) is 5. The average Bonchev–Trinajstić information content (AvgIpc) is 2.57. The number of halogens is 2. The largest absolute Gasteiger partial charge is 0.490 e. The number of nitrogens with zero attached hydrogens (tertiary/aromatic N) is 1. The predicted octanol–water partition coefficient (Wildman–Crippen LogP) is 3.75. The van der Waals surface area contributed by atoms with Gasteiger partial charge in [-0.25, -0.2) is 8.78 Å². The van der Waals surface area contributed by atoms with Crippen molar-refractivity contribution in [3.05, 3.63) is 63.7 Å². The SMILES string of the molecule is COc1ccc(CSCC(=O)Nc2ccc(F)cc2F)cc1[N+](=O)[O-]. The van der Waals surface area contributed by atoms with Crippen molar-refractivity contribution in [3.8, 4) is 5.75 Å². The number of benzene rings is 2. The van der Waals surface area contributed by atoms with Gasteiger partial charge < -0.3 is 10.1 Å². The topological polar surface area (TPSA) is 81.5 Å². The molecule has 0 aliphatic heterocycles. The van der Waals surface area contributed by atoms with E-state index in [-0.39, 0.29) is 22.9 Å². The number of carbonyl (C=O) groups excluding carboxylic acids is 1. The van der Waals surface area contributed by atoms with Gasteiger partial charge >= 0.3 is 5.69 Å². The van der Waals surface area contributed by atoms with Gasteiger partial charge in [0.25, 0.3) is 0 Å². The van der Waals surface area contributed by atoms with Gasteiger partial charge in [-0.1, -0.05) is 6.07 Å². The number of anilines is 1. The van der Waals surface area contributed by atoms with E-state index in [2.05, 4.69) is 5.32 Å². The minimum atomic E-state index is -0.857. The molecule has 1 amide bonds. The van der Waals surface area contributed by atoms with E-state index in [0.717, 1.165) is 12.1 Å². The van der Waals surface area contributed by atoms with Crippen molar-refractivity contribution in [2.45, 2.75) is 5.75 Å². The lowest BCUT2D eigenvalue weighted by Gasteiger charge is -2.07. The zero-order valence-electron chi connectivity index (χ0n) is 13.1. The lowest BCUT2D eigenvalue weighted by atomic mass is 10.2. The molecule has 0 fully saturated rings. The monoisotopic (exact) mass is 368 g/mol. The Hall–Kier alpha value is -2.68. The van der Waals surface area contributed by atoms with Gasteiger partial charge in [0.2, 0.25) is 5.91 Å². The van der Waals surface area contributed by atoms with Crippen molar-refractivity contribution < 1.29 is 23.2 Å². The van der Waals surface area contributed by atoms with Crippen LogP contribution in [-0.4, -0.2) is 23.7 Å². The molecule has 0 atom stereocenters. The van der Waals surface area contributed by atoms with Crippen LogP contribution in [0.1, 0.15) is 5.56 Å². The maximum atomic E-state index is 13.5. The quantitative estimate of drug-likeness (QED) is 0.595. The Morgan fingerprint density at radius 2 is 2.04 bits per heavy atom.